The molecule has 1 radical (unpaired) electrons. The molecule has 17 heavy (non-hydrogen) atoms. The van der Waals surface area contributed by atoms with Crippen LogP contribution in [0.15, 0.2) is 65.7 Å². The van der Waals surface area contributed by atoms with E-state index in [1.807, 2.05) is 12.1 Å². The van der Waals surface area contributed by atoms with Gasteiger partial charge in [-0.25, -0.2) is 0 Å². The fourth-order valence-electron chi connectivity index (χ4n) is 1.77. The Morgan fingerprint density at radius 2 is 1.65 bits per heavy atom. The van der Waals surface area contributed by atoms with Crippen LogP contribution in [0.25, 0.3) is 10.9 Å². The van der Waals surface area contributed by atoms with E-state index in [4.69, 9.17) is 0 Å². The number of hydrogen-bond donors (Lipinski definition) is 1. The van der Waals surface area contributed by atoms with Crippen LogP contribution in [0, 0.1) is 5.75 Å². The van der Waals surface area contributed by atoms with Gasteiger partial charge in [-0.05, 0) is 17.7 Å². The van der Waals surface area contributed by atoms with Crippen LogP contribution < -0.4 is 0 Å². The van der Waals surface area contributed by atoms with Crippen LogP contribution in [0.1, 0.15) is 5.56 Å². The van der Waals surface area contributed by atoms with Gasteiger partial charge in [-0.2, -0.15) is 0 Å². The number of aromatic nitrogens is 1. The summed E-state index contributed by atoms with van der Waals surface area (Å²) in [6.45, 7) is 0. The lowest BCUT2D eigenvalue weighted by Gasteiger charge is -1.97. The Labute approximate surface area is 105 Å². The molecule has 1 heterocycles. The Hall–Kier alpha value is -1.67. The zero-order chi connectivity index (χ0) is 11.5. The first-order valence-corrected chi connectivity index (χ1v) is 6.42. The average molecular weight is 238 g/mol. The van der Waals surface area contributed by atoms with Crippen molar-refractivity contribution in [3.05, 3.63) is 72.0 Å². The third-order valence-corrected chi connectivity index (χ3v) is 3.49. The molecule has 1 N–H and O–H groups in total. The first-order chi connectivity index (χ1) is 8.42. The minimum absolute atomic E-state index is 1.18. The summed E-state index contributed by atoms with van der Waals surface area (Å²) in [6.07, 6.45) is 0. The van der Waals surface area contributed by atoms with E-state index in [1.54, 1.807) is 11.8 Å². The second kappa shape index (κ2) is 4.68. The molecule has 0 aliphatic carbocycles. The molecule has 0 saturated carbocycles. The molecule has 0 spiro atoms. The van der Waals surface area contributed by atoms with Crippen LogP contribution in [0.4, 0.5) is 0 Å². The molecule has 0 unspecified atom stereocenters. The summed E-state index contributed by atoms with van der Waals surface area (Å²) in [6, 6.07) is 20.9. The minimum Gasteiger partial charge on any atom is -0.350 e. The normalized spacial score (nSPS) is 10.8. The van der Waals surface area contributed by atoms with Crippen molar-refractivity contribution < 1.29 is 0 Å². The summed E-state index contributed by atoms with van der Waals surface area (Å²) >= 11 is 1.72. The molecule has 1 aromatic heterocycles. The maximum absolute atomic E-state index is 3.40. The van der Waals surface area contributed by atoms with E-state index in [2.05, 4.69) is 59.3 Å². The Morgan fingerprint density at radius 1 is 0.882 bits per heavy atom. The second-order valence-electron chi connectivity index (χ2n) is 3.87. The van der Waals surface area contributed by atoms with Gasteiger partial charge < -0.3 is 4.98 Å². The summed E-state index contributed by atoms with van der Waals surface area (Å²) in [4.78, 5) is 3.40. The lowest BCUT2D eigenvalue weighted by Crippen LogP contribution is -1.75. The minimum atomic E-state index is 1.18. The monoisotopic (exact) mass is 238 g/mol. The van der Waals surface area contributed by atoms with Gasteiger partial charge in [0, 0.05) is 10.9 Å². The predicted octanol–water partition coefficient (Wildman–Crippen LogP) is 4.47. The van der Waals surface area contributed by atoms with Gasteiger partial charge >= 0.3 is 0 Å². The molecule has 0 saturated heterocycles. The lowest BCUT2D eigenvalue weighted by molar-refractivity contribution is 1.24. The van der Waals surface area contributed by atoms with Crippen molar-refractivity contribution in [3.63, 3.8) is 0 Å². The van der Waals surface area contributed by atoms with Crippen LogP contribution >= 0.6 is 11.8 Å². The van der Waals surface area contributed by atoms with Gasteiger partial charge in [-0.15, -0.1) is 0 Å². The van der Waals surface area contributed by atoms with Crippen molar-refractivity contribution in [2.75, 3.05) is 0 Å². The first kappa shape index (κ1) is 10.5. The molecular weight excluding hydrogens is 226 g/mol. The maximum Gasteiger partial charge on any atom is 0.0738 e. The summed E-state index contributed by atoms with van der Waals surface area (Å²) in [5, 5.41) is 2.44. The van der Waals surface area contributed by atoms with Crippen LogP contribution in [0.3, 0.4) is 0 Å². The highest BCUT2D eigenvalue weighted by Gasteiger charge is 2.01. The van der Waals surface area contributed by atoms with E-state index in [1.165, 1.54) is 21.5 Å². The average Bonchev–Trinajstić information content (AvgIpc) is 2.80. The van der Waals surface area contributed by atoms with Crippen molar-refractivity contribution in [1.29, 1.82) is 0 Å². The van der Waals surface area contributed by atoms with Crippen LogP contribution in [-0.4, -0.2) is 4.98 Å². The number of fused-ring (bicyclic) bond motifs is 1. The number of nitrogens with one attached hydrogen (secondary N) is 1. The summed E-state index contributed by atoms with van der Waals surface area (Å²) in [5.74, 6) is 2.16. The van der Waals surface area contributed by atoms with E-state index in [-0.39, 0.29) is 0 Å². The first-order valence-electron chi connectivity index (χ1n) is 5.54. The van der Waals surface area contributed by atoms with Gasteiger partial charge in [-0.1, -0.05) is 60.3 Å². The molecule has 0 amide bonds. The van der Waals surface area contributed by atoms with Gasteiger partial charge in [0.2, 0.25) is 0 Å². The summed E-state index contributed by atoms with van der Waals surface area (Å²) in [7, 11) is 0. The third kappa shape index (κ3) is 2.37. The molecule has 0 aliphatic heterocycles. The van der Waals surface area contributed by atoms with E-state index < -0.39 is 0 Å². The Morgan fingerprint density at radius 3 is 2.47 bits per heavy atom. The molecule has 1 nitrogen and oxygen atoms in total. The topological polar surface area (TPSA) is 15.8 Å². The molecule has 0 bridgehead atoms. The standard InChI is InChI=1S/C15H12NS/c1-2-6-12(7-3-1)11-17-15-10-13-8-4-5-9-14(13)16-15/h1-11,16H. The molecule has 2 heteroatoms. The predicted molar refractivity (Wildman–Crippen MR) is 74.0 cm³/mol. The van der Waals surface area contributed by atoms with Crippen molar-refractivity contribution >= 4 is 22.7 Å². The number of benzene rings is 2. The molecule has 83 valence electrons. The largest absolute Gasteiger partial charge is 0.350 e. The van der Waals surface area contributed by atoms with Gasteiger partial charge in [0.25, 0.3) is 0 Å². The molecule has 0 atom stereocenters. The highest BCUT2D eigenvalue weighted by atomic mass is 32.2. The number of aromatic amines is 1. The van der Waals surface area contributed by atoms with E-state index in [0.717, 1.165) is 0 Å². The summed E-state index contributed by atoms with van der Waals surface area (Å²) < 4.78 is 0. The maximum atomic E-state index is 3.40. The number of hydrogen-bond acceptors (Lipinski definition) is 1. The fourth-order valence-corrected chi connectivity index (χ4v) is 2.56. The molecular formula is C15H12NS. The molecule has 2 aromatic carbocycles. The van der Waals surface area contributed by atoms with Crippen LogP contribution in [0.5, 0.6) is 0 Å². The quantitative estimate of drug-likeness (QED) is 0.666. The van der Waals surface area contributed by atoms with Crippen molar-refractivity contribution in [2.45, 2.75) is 5.03 Å². The number of rotatable bonds is 3. The molecule has 3 rings (SSSR count). The highest BCUT2D eigenvalue weighted by molar-refractivity contribution is 8.01. The molecule has 3 aromatic rings. The van der Waals surface area contributed by atoms with Gasteiger partial charge in [0.05, 0.1) is 10.8 Å². The van der Waals surface area contributed by atoms with Gasteiger partial charge in [0.1, 0.15) is 0 Å². The smallest absolute Gasteiger partial charge is 0.0738 e. The Kier molecular flexibility index (Phi) is 2.88. The molecule has 0 aliphatic rings. The van der Waals surface area contributed by atoms with Crippen LogP contribution in [-0.2, 0) is 0 Å². The van der Waals surface area contributed by atoms with E-state index >= 15 is 0 Å². The highest BCUT2D eigenvalue weighted by Crippen LogP contribution is 2.27. The Bertz CT molecular complexity index is 580. The van der Waals surface area contributed by atoms with Crippen molar-refractivity contribution in [1.82, 2.24) is 4.98 Å². The fraction of sp³-hybridized carbons (Fsp3) is 0. The van der Waals surface area contributed by atoms with E-state index in [0.29, 0.717) is 0 Å². The van der Waals surface area contributed by atoms with Crippen LogP contribution in [0.2, 0.25) is 0 Å². The number of thioether (sulfide) groups is 1. The second-order valence-corrected chi connectivity index (χ2v) is 4.78. The summed E-state index contributed by atoms with van der Waals surface area (Å²) in [5.41, 5.74) is 2.42. The van der Waals surface area contributed by atoms with Crippen molar-refractivity contribution in [2.24, 2.45) is 0 Å². The van der Waals surface area contributed by atoms with Gasteiger partial charge in [0.15, 0.2) is 0 Å². The third-order valence-electron chi connectivity index (χ3n) is 2.63. The number of H-pyrrole nitrogens is 1. The zero-order valence-corrected chi connectivity index (χ0v) is 10.1. The lowest BCUT2D eigenvalue weighted by atomic mass is 10.2. The van der Waals surface area contributed by atoms with Crippen molar-refractivity contribution in [3.8, 4) is 0 Å². The van der Waals surface area contributed by atoms with Gasteiger partial charge in [-0.3, -0.25) is 0 Å². The SMILES string of the molecule is [CH](Sc1cc2ccccc2[nH]1)c1ccccc1. The molecule has 0 fully saturated rings. The van der Waals surface area contributed by atoms with E-state index in [9.17, 15) is 0 Å². The zero-order valence-electron chi connectivity index (χ0n) is 9.26. The Balaban J connectivity index is 1.77. The number of para-hydroxylation sites is 1.